The molecule has 150 valence electrons. The molecule has 0 spiro atoms. The van der Waals surface area contributed by atoms with E-state index in [1.807, 2.05) is 0 Å². The molecule has 0 fully saturated rings. The highest BCUT2D eigenvalue weighted by atomic mass is 32.1. The molecule has 0 aliphatic carbocycles. The fraction of sp³-hybridized carbons (Fsp3) is 0.150. The van der Waals surface area contributed by atoms with E-state index in [1.54, 1.807) is 13.8 Å². The Morgan fingerprint density at radius 3 is 2.41 bits per heavy atom. The van der Waals surface area contributed by atoms with E-state index in [9.17, 15) is 22.8 Å². The van der Waals surface area contributed by atoms with E-state index in [1.165, 1.54) is 29.7 Å². The number of aromatic nitrogens is 1. The van der Waals surface area contributed by atoms with Gasteiger partial charge < -0.3 is 10.6 Å². The van der Waals surface area contributed by atoms with Crippen molar-refractivity contribution in [2.24, 2.45) is 0 Å². The quantitative estimate of drug-likeness (QED) is 0.646. The van der Waals surface area contributed by atoms with E-state index in [0.717, 1.165) is 23.2 Å². The van der Waals surface area contributed by atoms with Gasteiger partial charge in [0.25, 0.3) is 11.8 Å². The van der Waals surface area contributed by atoms with Crippen molar-refractivity contribution < 1.29 is 22.8 Å². The van der Waals surface area contributed by atoms with Gasteiger partial charge in [0.05, 0.1) is 16.8 Å². The molecule has 5 nitrogen and oxygen atoms in total. The van der Waals surface area contributed by atoms with E-state index in [2.05, 4.69) is 15.6 Å². The molecule has 0 saturated carbocycles. The third-order valence-electron chi connectivity index (χ3n) is 4.09. The predicted octanol–water partition coefficient (Wildman–Crippen LogP) is 4.36. The van der Waals surface area contributed by atoms with Gasteiger partial charge in [-0.3, -0.25) is 9.59 Å². The maximum atomic E-state index is 14.3. The fourth-order valence-corrected chi connectivity index (χ4v) is 3.23. The summed E-state index contributed by atoms with van der Waals surface area (Å²) in [6.07, 6.45) is 1.43. The molecular formula is C20H16F3N3O2S. The highest BCUT2D eigenvalue weighted by molar-refractivity contribution is 7.13. The van der Waals surface area contributed by atoms with E-state index in [0.29, 0.717) is 16.0 Å². The van der Waals surface area contributed by atoms with Gasteiger partial charge in [-0.15, -0.1) is 11.3 Å². The first-order chi connectivity index (χ1) is 13.7. The summed E-state index contributed by atoms with van der Waals surface area (Å²) < 4.78 is 40.5. The van der Waals surface area contributed by atoms with Crippen molar-refractivity contribution in [3.63, 3.8) is 0 Å². The van der Waals surface area contributed by atoms with Crippen LogP contribution in [0.3, 0.4) is 0 Å². The molecule has 0 radical (unpaired) electrons. The summed E-state index contributed by atoms with van der Waals surface area (Å²) in [4.78, 5) is 29.1. The molecule has 0 aliphatic rings. The van der Waals surface area contributed by atoms with Gasteiger partial charge in [0.2, 0.25) is 0 Å². The molecule has 2 amide bonds. The highest BCUT2D eigenvalue weighted by Crippen LogP contribution is 2.22. The van der Waals surface area contributed by atoms with Crippen LogP contribution in [0.5, 0.6) is 0 Å². The summed E-state index contributed by atoms with van der Waals surface area (Å²) in [5.74, 6) is -3.98. The lowest BCUT2D eigenvalue weighted by atomic mass is 10.1. The van der Waals surface area contributed by atoms with E-state index < -0.39 is 29.3 Å². The molecule has 3 aromatic rings. The molecule has 3 rings (SSSR count). The lowest BCUT2D eigenvalue weighted by Gasteiger charge is -2.12. The standard InChI is InChI=1S/C20H16F3N3O2S/c1-10-5-15(22)13(7-17(10)26-20(28)18-9-24-11(2)29-18)19(27)25-8-12-3-4-14(21)16(23)6-12/h3-7,9H,8H2,1-2H3,(H,25,27)(H,26,28). The van der Waals surface area contributed by atoms with E-state index in [-0.39, 0.29) is 17.8 Å². The third kappa shape index (κ3) is 4.80. The Morgan fingerprint density at radius 1 is 1.00 bits per heavy atom. The summed E-state index contributed by atoms with van der Waals surface area (Å²) in [6.45, 7) is 3.24. The van der Waals surface area contributed by atoms with Crippen LogP contribution in [-0.4, -0.2) is 16.8 Å². The number of carbonyl (C=O) groups excluding carboxylic acids is 2. The highest BCUT2D eigenvalue weighted by Gasteiger charge is 2.17. The van der Waals surface area contributed by atoms with Crippen LogP contribution in [0, 0.1) is 31.3 Å². The van der Waals surface area contributed by atoms with Crippen molar-refractivity contribution in [1.29, 1.82) is 0 Å². The van der Waals surface area contributed by atoms with Crippen LogP contribution < -0.4 is 10.6 Å². The van der Waals surface area contributed by atoms with Crippen molar-refractivity contribution in [2.45, 2.75) is 20.4 Å². The second-order valence-corrected chi connectivity index (χ2v) is 7.51. The van der Waals surface area contributed by atoms with E-state index >= 15 is 0 Å². The number of hydrogen-bond acceptors (Lipinski definition) is 4. The molecule has 0 aliphatic heterocycles. The minimum atomic E-state index is -1.04. The van der Waals surface area contributed by atoms with Crippen LogP contribution in [0.2, 0.25) is 0 Å². The molecule has 0 bridgehead atoms. The summed E-state index contributed by atoms with van der Waals surface area (Å²) in [6, 6.07) is 5.58. The number of aryl methyl sites for hydroxylation is 2. The second kappa shape index (κ2) is 8.44. The van der Waals surface area contributed by atoms with Gasteiger partial charge in [-0.2, -0.15) is 0 Å². The maximum absolute atomic E-state index is 14.3. The predicted molar refractivity (Wildman–Crippen MR) is 103 cm³/mol. The zero-order chi connectivity index (χ0) is 21.1. The number of halogens is 3. The zero-order valence-electron chi connectivity index (χ0n) is 15.5. The van der Waals surface area contributed by atoms with Crippen LogP contribution in [0.25, 0.3) is 0 Å². The number of nitrogens with one attached hydrogen (secondary N) is 2. The van der Waals surface area contributed by atoms with Gasteiger partial charge in [0, 0.05) is 12.2 Å². The molecule has 0 saturated heterocycles. The molecule has 0 unspecified atom stereocenters. The molecule has 2 aromatic carbocycles. The average molecular weight is 419 g/mol. The number of carbonyl (C=O) groups is 2. The monoisotopic (exact) mass is 419 g/mol. The molecule has 2 N–H and O–H groups in total. The lowest BCUT2D eigenvalue weighted by molar-refractivity contribution is 0.0945. The fourth-order valence-electron chi connectivity index (χ4n) is 2.56. The molecule has 29 heavy (non-hydrogen) atoms. The van der Waals surface area contributed by atoms with Crippen molar-refractivity contribution in [3.05, 3.63) is 80.6 Å². The SMILES string of the molecule is Cc1ncc(C(=O)Nc2cc(C(=O)NCc3ccc(F)c(F)c3)c(F)cc2C)s1. The Hall–Kier alpha value is -3.20. The van der Waals surface area contributed by atoms with Crippen molar-refractivity contribution >= 4 is 28.8 Å². The normalized spacial score (nSPS) is 10.7. The van der Waals surface area contributed by atoms with Gasteiger partial charge >= 0.3 is 0 Å². The van der Waals surface area contributed by atoms with Gasteiger partial charge in [-0.1, -0.05) is 6.07 Å². The number of benzene rings is 2. The Kier molecular flexibility index (Phi) is 5.97. The Morgan fingerprint density at radius 2 is 1.76 bits per heavy atom. The lowest BCUT2D eigenvalue weighted by Crippen LogP contribution is -2.24. The molecule has 1 heterocycles. The zero-order valence-corrected chi connectivity index (χ0v) is 16.3. The Balaban J connectivity index is 1.76. The van der Waals surface area contributed by atoms with Crippen molar-refractivity contribution in [3.8, 4) is 0 Å². The van der Waals surface area contributed by atoms with Gasteiger partial charge in [0.15, 0.2) is 11.6 Å². The molecule has 0 atom stereocenters. The van der Waals surface area contributed by atoms with Gasteiger partial charge in [-0.05, 0) is 49.2 Å². The number of anilines is 1. The maximum Gasteiger partial charge on any atom is 0.267 e. The summed E-state index contributed by atoms with van der Waals surface area (Å²) >= 11 is 1.21. The minimum Gasteiger partial charge on any atom is -0.348 e. The first-order valence-corrected chi connectivity index (χ1v) is 9.32. The number of thiazole rings is 1. The van der Waals surface area contributed by atoms with Crippen LogP contribution in [-0.2, 0) is 6.54 Å². The summed E-state index contributed by atoms with van der Waals surface area (Å²) in [7, 11) is 0. The summed E-state index contributed by atoms with van der Waals surface area (Å²) in [5, 5.41) is 5.82. The number of hydrogen-bond donors (Lipinski definition) is 2. The van der Waals surface area contributed by atoms with Crippen molar-refractivity contribution in [1.82, 2.24) is 10.3 Å². The second-order valence-electron chi connectivity index (χ2n) is 6.28. The third-order valence-corrected chi connectivity index (χ3v) is 5.00. The largest absolute Gasteiger partial charge is 0.348 e. The van der Waals surface area contributed by atoms with Crippen molar-refractivity contribution in [2.75, 3.05) is 5.32 Å². The number of amides is 2. The Labute approximate surface area is 168 Å². The van der Waals surface area contributed by atoms with Crippen LogP contribution in [0.4, 0.5) is 18.9 Å². The molecule has 1 aromatic heterocycles. The Bertz CT molecular complexity index is 1100. The van der Waals surface area contributed by atoms with E-state index in [4.69, 9.17) is 0 Å². The topological polar surface area (TPSA) is 71.1 Å². The molecule has 9 heteroatoms. The van der Waals surface area contributed by atoms with Gasteiger partial charge in [0.1, 0.15) is 10.7 Å². The first kappa shape index (κ1) is 20.5. The van der Waals surface area contributed by atoms with Crippen LogP contribution in [0.1, 0.15) is 36.2 Å². The smallest absolute Gasteiger partial charge is 0.267 e. The van der Waals surface area contributed by atoms with Gasteiger partial charge in [-0.25, -0.2) is 18.2 Å². The number of rotatable bonds is 5. The average Bonchev–Trinajstić information content (AvgIpc) is 3.11. The minimum absolute atomic E-state index is 0.120. The van der Waals surface area contributed by atoms with Crippen LogP contribution >= 0.6 is 11.3 Å². The first-order valence-electron chi connectivity index (χ1n) is 8.50. The molecular weight excluding hydrogens is 403 g/mol. The number of nitrogens with zero attached hydrogens (tertiary/aromatic N) is 1. The van der Waals surface area contributed by atoms with Crippen LogP contribution in [0.15, 0.2) is 36.5 Å². The summed E-state index contributed by atoms with van der Waals surface area (Å²) in [5.41, 5.74) is 0.752.